The molecule has 0 atom stereocenters. The number of piperidine rings is 1. The molecule has 8 nitrogen and oxygen atoms in total. The highest BCUT2D eigenvalue weighted by Gasteiger charge is 2.30. The maximum absolute atomic E-state index is 13.0. The lowest BCUT2D eigenvalue weighted by Gasteiger charge is -2.31. The molecule has 0 unspecified atom stereocenters. The molecule has 1 aromatic carbocycles. The number of morpholine rings is 1. The Labute approximate surface area is 180 Å². The molecule has 1 N–H and O–H groups in total. The molecule has 1 aromatic heterocycles. The lowest BCUT2D eigenvalue weighted by molar-refractivity contribution is -0.121. The number of carbonyl (C=O) groups is 2. The minimum Gasteiger partial charge on any atom is -0.378 e. The number of likely N-dealkylation sites (tertiary alicyclic amines) is 1. The van der Waals surface area contributed by atoms with Crippen molar-refractivity contribution in [3.05, 3.63) is 47.2 Å². The molecule has 9 heteroatoms. The van der Waals surface area contributed by atoms with Gasteiger partial charge < -0.3 is 19.9 Å². The molecule has 2 aliphatic rings. The number of halogens is 1. The first kappa shape index (κ1) is 20.6. The summed E-state index contributed by atoms with van der Waals surface area (Å²) in [4.78, 5) is 37.9. The number of ether oxygens (including phenoxy) is 1. The van der Waals surface area contributed by atoms with Gasteiger partial charge in [0, 0.05) is 37.8 Å². The smallest absolute Gasteiger partial charge is 0.274 e. The fourth-order valence-corrected chi connectivity index (χ4v) is 3.86. The number of aromatic nitrogens is 2. The largest absolute Gasteiger partial charge is 0.378 e. The fourth-order valence-electron chi connectivity index (χ4n) is 3.68. The van der Waals surface area contributed by atoms with Crippen molar-refractivity contribution in [2.24, 2.45) is 5.92 Å². The molecule has 2 aliphatic heterocycles. The molecule has 2 saturated heterocycles. The second kappa shape index (κ2) is 9.40. The minimum atomic E-state index is -0.223. The van der Waals surface area contributed by atoms with E-state index in [4.69, 9.17) is 16.3 Å². The van der Waals surface area contributed by atoms with E-state index in [1.807, 2.05) is 35.2 Å². The second-order valence-electron chi connectivity index (χ2n) is 7.39. The van der Waals surface area contributed by atoms with E-state index in [0.717, 1.165) is 5.69 Å². The van der Waals surface area contributed by atoms with Crippen LogP contribution in [0.15, 0.2) is 36.5 Å². The molecule has 2 fully saturated rings. The van der Waals surface area contributed by atoms with Gasteiger partial charge in [0.2, 0.25) is 11.9 Å². The third kappa shape index (κ3) is 4.71. The quantitative estimate of drug-likeness (QED) is 0.803. The highest BCUT2D eigenvalue weighted by Crippen LogP contribution is 2.24. The predicted octanol–water partition coefficient (Wildman–Crippen LogP) is 2.46. The molecule has 158 valence electrons. The van der Waals surface area contributed by atoms with Gasteiger partial charge in [-0.1, -0.05) is 29.8 Å². The van der Waals surface area contributed by atoms with E-state index in [9.17, 15) is 9.59 Å². The average Bonchev–Trinajstić information content (AvgIpc) is 2.80. The Kier molecular flexibility index (Phi) is 6.44. The van der Waals surface area contributed by atoms with Crippen molar-refractivity contribution < 1.29 is 14.3 Å². The van der Waals surface area contributed by atoms with Crippen molar-refractivity contribution in [3.63, 3.8) is 0 Å². The van der Waals surface area contributed by atoms with Gasteiger partial charge >= 0.3 is 0 Å². The van der Waals surface area contributed by atoms with E-state index in [2.05, 4.69) is 15.3 Å². The van der Waals surface area contributed by atoms with Crippen LogP contribution in [-0.2, 0) is 9.53 Å². The molecule has 2 aromatic rings. The van der Waals surface area contributed by atoms with Gasteiger partial charge in [-0.05, 0) is 25.0 Å². The second-order valence-corrected chi connectivity index (χ2v) is 7.79. The number of benzene rings is 1. The van der Waals surface area contributed by atoms with Crippen molar-refractivity contribution in [2.45, 2.75) is 12.8 Å². The number of carbonyl (C=O) groups excluding carboxylic acids is 2. The number of nitrogens with one attached hydrogen (secondary N) is 1. The Balaban J connectivity index is 1.37. The van der Waals surface area contributed by atoms with Crippen LogP contribution in [0, 0.1) is 5.92 Å². The van der Waals surface area contributed by atoms with E-state index in [1.54, 1.807) is 4.90 Å². The van der Waals surface area contributed by atoms with Crippen LogP contribution in [-0.4, -0.2) is 66.1 Å². The summed E-state index contributed by atoms with van der Waals surface area (Å²) < 4.78 is 5.35. The summed E-state index contributed by atoms with van der Waals surface area (Å²) in [7, 11) is 0. The Morgan fingerprint density at radius 2 is 1.77 bits per heavy atom. The molecule has 0 radical (unpaired) electrons. The van der Waals surface area contributed by atoms with E-state index in [0.29, 0.717) is 58.2 Å². The van der Waals surface area contributed by atoms with Gasteiger partial charge in [-0.2, -0.15) is 0 Å². The van der Waals surface area contributed by atoms with Gasteiger partial charge in [0.05, 0.1) is 24.4 Å². The zero-order valence-electron chi connectivity index (χ0n) is 16.6. The Morgan fingerprint density at radius 1 is 1.07 bits per heavy atom. The summed E-state index contributed by atoms with van der Waals surface area (Å²) in [6.45, 7) is 3.54. The van der Waals surface area contributed by atoms with Gasteiger partial charge in [0.15, 0.2) is 5.69 Å². The Bertz CT molecular complexity index is 897. The number of anilines is 2. The van der Waals surface area contributed by atoms with Crippen LogP contribution >= 0.6 is 11.6 Å². The van der Waals surface area contributed by atoms with Crippen LogP contribution in [0.5, 0.6) is 0 Å². The minimum absolute atomic E-state index is 0.0111. The van der Waals surface area contributed by atoms with Crippen molar-refractivity contribution in [2.75, 3.05) is 49.6 Å². The van der Waals surface area contributed by atoms with Crippen LogP contribution in [0.3, 0.4) is 0 Å². The maximum atomic E-state index is 13.0. The molecule has 3 heterocycles. The van der Waals surface area contributed by atoms with Crippen LogP contribution in [0.2, 0.25) is 5.02 Å². The molecule has 0 saturated carbocycles. The lowest BCUT2D eigenvalue weighted by Crippen LogP contribution is -2.42. The van der Waals surface area contributed by atoms with Crippen molar-refractivity contribution >= 4 is 35.1 Å². The Morgan fingerprint density at radius 3 is 2.47 bits per heavy atom. The van der Waals surface area contributed by atoms with Gasteiger partial charge in [-0.25, -0.2) is 9.97 Å². The average molecular weight is 430 g/mol. The molecule has 0 bridgehead atoms. The third-order valence-electron chi connectivity index (χ3n) is 5.42. The molecule has 2 amide bonds. The molecule has 30 heavy (non-hydrogen) atoms. The zero-order valence-corrected chi connectivity index (χ0v) is 17.3. The van der Waals surface area contributed by atoms with Crippen molar-refractivity contribution in [1.82, 2.24) is 14.9 Å². The summed E-state index contributed by atoms with van der Waals surface area (Å²) in [5.74, 6) is 0.129. The zero-order chi connectivity index (χ0) is 20.9. The van der Waals surface area contributed by atoms with E-state index in [1.165, 1.54) is 6.20 Å². The molecule has 4 rings (SSSR count). The Hall–Kier alpha value is -2.71. The topological polar surface area (TPSA) is 87.7 Å². The number of amides is 2. The summed E-state index contributed by atoms with van der Waals surface area (Å²) in [6, 6.07) is 9.39. The van der Waals surface area contributed by atoms with Crippen molar-refractivity contribution in [1.29, 1.82) is 0 Å². The van der Waals surface area contributed by atoms with Crippen LogP contribution in [0.1, 0.15) is 23.3 Å². The van der Waals surface area contributed by atoms with Gasteiger partial charge in [-0.3, -0.25) is 9.59 Å². The normalized spacial score (nSPS) is 17.6. The standard InChI is InChI=1S/C21H24ClN5O3/c22-17-14-23-21(27-10-12-30-13-11-27)25-18(17)20(29)26-8-6-15(7-9-26)19(28)24-16-4-2-1-3-5-16/h1-5,14-15H,6-13H2,(H,24,28). The first-order valence-electron chi connectivity index (χ1n) is 10.1. The van der Waals surface area contributed by atoms with Crippen LogP contribution in [0.25, 0.3) is 0 Å². The van der Waals surface area contributed by atoms with Gasteiger partial charge in [0.1, 0.15) is 0 Å². The first-order chi connectivity index (χ1) is 14.6. The van der Waals surface area contributed by atoms with E-state index in [-0.39, 0.29) is 28.4 Å². The fraction of sp³-hybridized carbons (Fsp3) is 0.429. The molecular formula is C21H24ClN5O3. The van der Waals surface area contributed by atoms with Crippen molar-refractivity contribution in [3.8, 4) is 0 Å². The highest BCUT2D eigenvalue weighted by molar-refractivity contribution is 6.33. The molecule has 0 spiro atoms. The predicted molar refractivity (Wildman–Crippen MR) is 114 cm³/mol. The van der Waals surface area contributed by atoms with Crippen LogP contribution < -0.4 is 10.2 Å². The summed E-state index contributed by atoms with van der Waals surface area (Å²) in [5.41, 5.74) is 0.991. The van der Waals surface area contributed by atoms with E-state index >= 15 is 0 Å². The van der Waals surface area contributed by atoms with Gasteiger partial charge in [0.25, 0.3) is 5.91 Å². The molecule has 0 aliphatic carbocycles. The summed E-state index contributed by atoms with van der Waals surface area (Å²) >= 11 is 6.24. The monoisotopic (exact) mass is 429 g/mol. The van der Waals surface area contributed by atoms with Gasteiger partial charge in [-0.15, -0.1) is 0 Å². The van der Waals surface area contributed by atoms with E-state index < -0.39 is 0 Å². The number of hydrogen-bond acceptors (Lipinski definition) is 6. The maximum Gasteiger partial charge on any atom is 0.274 e. The molecular weight excluding hydrogens is 406 g/mol. The third-order valence-corrected chi connectivity index (χ3v) is 5.70. The number of rotatable bonds is 4. The SMILES string of the molecule is O=C(Nc1ccccc1)C1CCN(C(=O)c2nc(N3CCOCC3)ncc2Cl)CC1. The lowest BCUT2D eigenvalue weighted by atomic mass is 9.95. The van der Waals surface area contributed by atoms with Crippen LogP contribution in [0.4, 0.5) is 11.6 Å². The number of para-hydroxylation sites is 1. The highest BCUT2D eigenvalue weighted by atomic mass is 35.5. The number of hydrogen-bond donors (Lipinski definition) is 1. The number of nitrogens with zero attached hydrogens (tertiary/aromatic N) is 4. The first-order valence-corrected chi connectivity index (χ1v) is 10.5. The summed E-state index contributed by atoms with van der Waals surface area (Å²) in [5, 5.41) is 3.18. The summed E-state index contributed by atoms with van der Waals surface area (Å²) in [6.07, 6.45) is 2.68.